The van der Waals surface area contributed by atoms with E-state index in [0.29, 0.717) is 17.1 Å². The zero-order chi connectivity index (χ0) is 19.7. The number of nitrogens with zero attached hydrogens (tertiary/aromatic N) is 2. The van der Waals surface area contributed by atoms with Gasteiger partial charge in [0.2, 0.25) is 20.0 Å². The summed E-state index contributed by atoms with van der Waals surface area (Å²) in [5.74, 6) is -0.0171. The van der Waals surface area contributed by atoms with Crippen molar-refractivity contribution in [2.24, 2.45) is 0 Å². The monoisotopic (exact) mass is 416 g/mol. The average molecular weight is 417 g/mol. The second-order valence-electron chi connectivity index (χ2n) is 7.34. The van der Waals surface area contributed by atoms with Crippen molar-refractivity contribution < 1.29 is 21.6 Å². The number of sulfonamides is 2. The van der Waals surface area contributed by atoms with E-state index in [0.717, 1.165) is 24.8 Å². The summed E-state index contributed by atoms with van der Waals surface area (Å²) in [7, 11) is -7.07. The van der Waals surface area contributed by atoms with Crippen molar-refractivity contribution in [2.75, 3.05) is 38.5 Å². The Kier molecular flexibility index (Phi) is 6.27. The molecular formula is C18H28N2O5S2. The molecule has 0 bridgehead atoms. The Morgan fingerprint density at radius 1 is 1.00 bits per heavy atom. The number of piperazine rings is 1. The van der Waals surface area contributed by atoms with E-state index in [1.54, 1.807) is 19.1 Å². The van der Waals surface area contributed by atoms with Crippen molar-refractivity contribution in [2.45, 2.75) is 44.1 Å². The summed E-state index contributed by atoms with van der Waals surface area (Å²) in [6.45, 7) is 4.94. The van der Waals surface area contributed by atoms with E-state index in [-0.39, 0.29) is 38.0 Å². The van der Waals surface area contributed by atoms with Gasteiger partial charge in [-0.1, -0.05) is 12.1 Å². The molecule has 2 saturated heterocycles. The standard InChI is InChI=1S/C18H28N2O5S2/c1-15-6-7-16(2)18(13-15)27(23,24)20-10-8-19(9-11-20)26(21,22)14-17-5-3-4-12-25-17/h6-7,13,17H,3-5,8-12,14H2,1-2H3. The van der Waals surface area contributed by atoms with Crippen LogP contribution in [-0.4, -0.2) is 70.1 Å². The minimum Gasteiger partial charge on any atom is -0.377 e. The predicted octanol–water partition coefficient (Wildman–Crippen LogP) is 1.51. The van der Waals surface area contributed by atoms with Crippen molar-refractivity contribution in [1.29, 1.82) is 0 Å². The average Bonchev–Trinajstić information content (AvgIpc) is 2.64. The third kappa shape index (κ3) is 4.71. The summed E-state index contributed by atoms with van der Waals surface area (Å²) in [6, 6.07) is 5.35. The van der Waals surface area contributed by atoms with E-state index in [9.17, 15) is 16.8 Å². The molecule has 152 valence electrons. The maximum absolute atomic E-state index is 13.0. The van der Waals surface area contributed by atoms with Crippen LogP contribution in [0.25, 0.3) is 0 Å². The molecule has 3 rings (SSSR count). The van der Waals surface area contributed by atoms with Crippen LogP contribution in [0.15, 0.2) is 23.1 Å². The van der Waals surface area contributed by atoms with Crippen LogP contribution in [0.3, 0.4) is 0 Å². The van der Waals surface area contributed by atoms with Gasteiger partial charge in [-0.2, -0.15) is 8.61 Å². The number of hydrogen-bond acceptors (Lipinski definition) is 5. The van der Waals surface area contributed by atoms with Gasteiger partial charge in [0, 0.05) is 32.8 Å². The highest BCUT2D eigenvalue weighted by Gasteiger charge is 2.35. The predicted molar refractivity (Wildman–Crippen MR) is 104 cm³/mol. The van der Waals surface area contributed by atoms with Crippen LogP contribution in [0.2, 0.25) is 0 Å². The molecule has 2 aliphatic rings. The van der Waals surface area contributed by atoms with E-state index >= 15 is 0 Å². The van der Waals surface area contributed by atoms with Crippen LogP contribution < -0.4 is 0 Å². The topological polar surface area (TPSA) is 84.0 Å². The number of hydrogen-bond donors (Lipinski definition) is 0. The second-order valence-corrected chi connectivity index (χ2v) is 11.3. The van der Waals surface area contributed by atoms with Gasteiger partial charge in [0.05, 0.1) is 16.8 Å². The van der Waals surface area contributed by atoms with Crippen molar-refractivity contribution in [3.8, 4) is 0 Å². The molecule has 0 saturated carbocycles. The molecule has 27 heavy (non-hydrogen) atoms. The van der Waals surface area contributed by atoms with E-state index in [1.165, 1.54) is 8.61 Å². The fourth-order valence-electron chi connectivity index (χ4n) is 3.59. The Morgan fingerprint density at radius 3 is 2.30 bits per heavy atom. The van der Waals surface area contributed by atoms with Gasteiger partial charge in [-0.15, -0.1) is 0 Å². The van der Waals surface area contributed by atoms with Crippen molar-refractivity contribution in [3.63, 3.8) is 0 Å². The van der Waals surface area contributed by atoms with Crippen LogP contribution in [0.4, 0.5) is 0 Å². The lowest BCUT2D eigenvalue weighted by molar-refractivity contribution is 0.0297. The molecule has 2 fully saturated rings. The fraction of sp³-hybridized carbons (Fsp3) is 0.667. The summed E-state index contributed by atoms with van der Waals surface area (Å²) in [4.78, 5) is 0.300. The number of benzene rings is 1. The van der Waals surface area contributed by atoms with Gasteiger partial charge < -0.3 is 4.74 Å². The third-order valence-electron chi connectivity index (χ3n) is 5.22. The largest absolute Gasteiger partial charge is 0.377 e. The second kappa shape index (κ2) is 8.16. The highest BCUT2D eigenvalue weighted by molar-refractivity contribution is 7.89. The Balaban J connectivity index is 1.66. The number of ether oxygens (including phenoxy) is 1. The quantitative estimate of drug-likeness (QED) is 0.726. The molecule has 1 aromatic rings. The summed E-state index contributed by atoms with van der Waals surface area (Å²) in [5, 5.41) is 0. The summed E-state index contributed by atoms with van der Waals surface area (Å²) in [5.41, 5.74) is 1.58. The molecule has 0 N–H and O–H groups in total. The van der Waals surface area contributed by atoms with Crippen molar-refractivity contribution in [1.82, 2.24) is 8.61 Å². The minimum atomic E-state index is -3.62. The van der Waals surface area contributed by atoms with E-state index in [2.05, 4.69) is 0 Å². The lowest BCUT2D eigenvalue weighted by atomic mass is 10.1. The molecule has 2 heterocycles. The highest BCUT2D eigenvalue weighted by atomic mass is 32.2. The highest BCUT2D eigenvalue weighted by Crippen LogP contribution is 2.24. The van der Waals surface area contributed by atoms with E-state index in [1.807, 2.05) is 13.0 Å². The van der Waals surface area contributed by atoms with Crippen LogP contribution >= 0.6 is 0 Å². The maximum Gasteiger partial charge on any atom is 0.243 e. The van der Waals surface area contributed by atoms with Gasteiger partial charge in [0.1, 0.15) is 0 Å². The lowest BCUT2D eigenvalue weighted by Crippen LogP contribution is -2.52. The SMILES string of the molecule is Cc1ccc(C)c(S(=O)(=O)N2CCN(S(=O)(=O)CC3CCCCO3)CC2)c1. The van der Waals surface area contributed by atoms with E-state index in [4.69, 9.17) is 4.74 Å². The molecule has 1 aromatic carbocycles. The van der Waals surface area contributed by atoms with Gasteiger partial charge in [-0.25, -0.2) is 16.8 Å². The smallest absolute Gasteiger partial charge is 0.243 e. The van der Waals surface area contributed by atoms with Crippen molar-refractivity contribution in [3.05, 3.63) is 29.3 Å². The van der Waals surface area contributed by atoms with Crippen LogP contribution in [-0.2, 0) is 24.8 Å². The molecule has 2 aliphatic heterocycles. The molecule has 7 nitrogen and oxygen atoms in total. The fourth-order valence-corrected chi connectivity index (χ4v) is 6.99. The Hall–Kier alpha value is -1.00. The Bertz CT molecular complexity index is 869. The lowest BCUT2D eigenvalue weighted by Gasteiger charge is -2.34. The molecule has 1 unspecified atom stereocenters. The molecule has 1 atom stereocenters. The van der Waals surface area contributed by atoms with Crippen LogP contribution in [0.1, 0.15) is 30.4 Å². The van der Waals surface area contributed by atoms with Crippen LogP contribution in [0.5, 0.6) is 0 Å². The molecule has 0 aromatic heterocycles. The normalized spacial score (nSPS) is 23.4. The summed E-state index contributed by atoms with van der Waals surface area (Å²) in [6.07, 6.45) is 2.48. The zero-order valence-electron chi connectivity index (χ0n) is 15.9. The first-order valence-electron chi connectivity index (χ1n) is 9.37. The molecular weight excluding hydrogens is 388 g/mol. The summed E-state index contributed by atoms with van der Waals surface area (Å²) >= 11 is 0. The van der Waals surface area contributed by atoms with Gasteiger partial charge >= 0.3 is 0 Å². The first-order chi connectivity index (χ1) is 12.7. The molecule has 0 amide bonds. The van der Waals surface area contributed by atoms with E-state index < -0.39 is 20.0 Å². The Labute approximate surface area is 162 Å². The van der Waals surface area contributed by atoms with Gasteiger partial charge in [-0.05, 0) is 50.3 Å². The first-order valence-corrected chi connectivity index (χ1v) is 12.4. The first kappa shape index (κ1) is 20.7. The number of aryl methyl sites for hydroxylation is 2. The number of rotatable bonds is 5. The molecule has 0 radical (unpaired) electrons. The minimum absolute atomic E-state index is 0.0171. The van der Waals surface area contributed by atoms with Gasteiger partial charge in [-0.3, -0.25) is 0 Å². The van der Waals surface area contributed by atoms with Crippen molar-refractivity contribution >= 4 is 20.0 Å². The van der Waals surface area contributed by atoms with Gasteiger partial charge in [0.15, 0.2) is 0 Å². The third-order valence-corrected chi connectivity index (χ3v) is 9.21. The molecule has 9 heteroatoms. The van der Waals surface area contributed by atoms with Gasteiger partial charge in [0.25, 0.3) is 0 Å². The molecule has 0 spiro atoms. The zero-order valence-corrected chi connectivity index (χ0v) is 17.6. The van der Waals surface area contributed by atoms with Crippen LogP contribution in [0, 0.1) is 13.8 Å². The molecule has 0 aliphatic carbocycles. The Morgan fingerprint density at radius 2 is 1.67 bits per heavy atom. The summed E-state index contributed by atoms with van der Waals surface area (Å²) < 4.78 is 59.6. The maximum atomic E-state index is 13.0.